The molecule has 0 fully saturated rings. The molecule has 0 saturated carbocycles. The number of nitriles is 1. The summed E-state index contributed by atoms with van der Waals surface area (Å²) in [5, 5.41) is 9.02. The third kappa shape index (κ3) is 3.61. The van der Waals surface area contributed by atoms with Crippen LogP contribution in [0.25, 0.3) is 11.1 Å². The van der Waals surface area contributed by atoms with E-state index in [1.54, 1.807) is 0 Å². The van der Waals surface area contributed by atoms with Crippen LogP contribution in [0.15, 0.2) is 54.6 Å². The molecule has 0 radical (unpaired) electrons. The first-order chi connectivity index (χ1) is 9.62. The van der Waals surface area contributed by atoms with Gasteiger partial charge in [0.2, 0.25) is 0 Å². The summed E-state index contributed by atoms with van der Waals surface area (Å²) in [6.45, 7) is 4.41. The second-order valence-corrected chi connectivity index (χ2v) is 5.46. The molecule has 2 aromatic carbocycles. The number of hydrogen-bond donors (Lipinski definition) is 0. The lowest BCUT2D eigenvalue weighted by molar-refractivity contribution is 0.265. The predicted molar refractivity (Wildman–Crippen MR) is 81.4 cm³/mol. The average Bonchev–Trinajstić information content (AvgIpc) is 2.48. The summed E-state index contributed by atoms with van der Waals surface area (Å²) in [4.78, 5) is 0. The van der Waals surface area contributed by atoms with E-state index in [0.717, 1.165) is 16.9 Å². The quantitative estimate of drug-likeness (QED) is 0.786. The van der Waals surface area contributed by atoms with Crippen LogP contribution in [0.1, 0.15) is 20.3 Å². The Morgan fingerprint density at radius 2 is 1.65 bits per heavy atom. The molecule has 0 atom stereocenters. The summed E-state index contributed by atoms with van der Waals surface area (Å²) < 4.78 is 5.88. The molecule has 2 nitrogen and oxygen atoms in total. The minimum Gasteiger partial charge on any atom is -0.493 e. The van der Waals surface area contributed by atoms with Crippen LogP contribution >= 0.6 is 0 Å². The number of para-hydroxylation sites is 1. The molecule has 0 aliphatic heterocycles. The smallest absolute Gasteiger partial charge is 0.127 e. The van der Waals surface area contributed by atoms with Crippen molar-refractivity contribution >= 4 is 0 Å². The van der Waals surface area contributed by atoms with Gasteiger partial charge in [-0.15, -0.1) is 0 Å². The van der Waals surface area contributed by atoms with Gasteiger partial charge in [0.15, 0.2) is 0 Å². The fraction of sp³-hybridized carbons (Fsp3) is 0.278. The Bertz CT molecular complexity index is 596. The summed E-state index contributed by atoms with van der Waals surface area (Å²) in [6, 6.07) is 20.5. The molecular formula is C18H19NO. The van der Waals surface area contributed by atoms with Gasteiger partial charge in [0, 0.05) is 5.56 Å². The average molecular weight is 265 g/mol. The van der Waals surface area contributed by atoms with Gasteiger partial charge in [-0.3, -0.25) is 0 Å². The van der Waals surface area contributed by atoms with Crippen molar-refractivity contribution in [3.8, 4) is 22.9 Å². The fourth-order valence-electron chi connectivity index (χ4n) is 1.92. The molecule has 0 spiro atoms. The normalized spacial score (nSPS) is 10.8. The van der Waals surface area contributed by atoms with Gasteiger partial charge in [0.25, 0.3) is 0 Å². The summed E-state index contributed by atoms with van der Waals surface area (Å²) in [5.41, 5.74) is 1.88. The van der Waals surface area contributed by atoms with Crippen molar-refractivity contribution in [1.29, 1.82) is 5.26 Å². The molecule has 0 unspecified atom stereocenters. The van der Waals surface area contributed by atoms with Crippen LogP contribution in [0.2, 0.25) is 0 Å². The second-order valence-electron chi connectivity index (χ2n) is 5.46. The van der Waals surface area contributed by atoms with E-state index in [2.05, 4.69) is 24.3 Å². The molecule has 0 bridgehead atoms. The summed E-state index contributed by atoms with van der Waals surface area (Å²) in [5.74, 6) is 0.868. The first-order valence-electron chi connectivity index (χ1n) is 6.81. The Morgan fingerprint density at radius 3 is 2.35 bits per heavy atom. The van der Waals surface area contributed by atoms with Crippen molar-refractivity contribution < 1.29 is 4.74 Å². The molecule has 0 aliphatic carbocycles. The predicted octanol–water partition coefficient (Wildman–Crippen LogP) is 4.67. The maximum atomic E-state index is 9.02. The SMILES string of the molecule is CC(C)(C#N)CCOc1ccccc1-c1ccccc1. The van der Waals surface area contributed by atoms with Gasteiger partial charge in [-0.1, -0.05) is 48.5 Å². The molecule has 0 heterocycles. The van der Waals surface area contributed by atoms with Gasteiger partial charge < -0.3 is 4.74 Å². The number of hydrogen-bond acceptors (Lipinski definition) is 2. The van der Waals surface area contributed by atoms with Crippen LogP contribution in [0.5, 0.6) is 5.75 Å². The first kappa shape index (κ1) is 14.1. The Kier molecular flexibility index (Phi) is 4.42. The first-order valence-corrected chi connectivity index (χ1v) is 6.81. The van der Waals surface area contributed by atoms with E-state index in [-0.39, 0.29) is 5.41 Å². The molecule has 0 aromatic heterocycles. The van der Waals surface area contributed by atoms with E-state index in [9.17, 15) is 0 Å². The third-order valence-electron chi connectivity index (χ3n) is 3.26. The summed E-state index contributed by atoms with van der Waals surface area (Å²) in [7, 11) is 0. The van der Waals surface area contributed by atoms with E-state index < -0.39 is 0 Å². The van der Waals surface area contributed by atoms with E-state index in [4.69, 9.17) is 10.00 Å². The van der Waals surface area contributed by atoms with Gasteiger partial charge in [-0.05, 0) is 31.9 Å². The number of benzene rings is 2. The molecule has 0 amide bonds. The highest BCUT2D eigenvalue weighted by molar-refractivity contribution is 5.70. The van der Waals surface area contributed by atoms with E-state index >= 15 is 0 Å². The maximum absolute atomic E-state index is 9.02. The largest absolute Gasteiger partial charge is 0.493 e. The third-order valence-corrected chi connectivity index (χ3v) is 3.26. The molecule has 0 saturated heterocycles. The molecule has 0 aliphatic rings. The second kappa shape index (κ2) is 6.25. The van der Waals surface area contributed by atoms with Crippen molar-refractivity contribution in [2.75, 3.05) is 6.61 Å². The lowest BCUT2D eigenvalue weighted by Gasteiger charge is -2.17. The lowest BCUT2D eigenvalue weighted by Crippen LogP contribution is -2.13. The van der Waals surface area contributed by atoms with Crippen LogP contribution in [0, 0.1) is 16.7 Å². The van der Waals surface area contributed by atoms with Gasteiger partial charge in [-0.25, -0.2) is 0 Å². The summed E-state index contributed by atoms with van der Waals surface area (Å²) in [6.07, 6.45) is 0.715. The minimum atomic E-state index is -0.346. The molecular weight excluding hydrogens is 246 g/mol. The molecule has 20 heavy (non-hydrogen) atoms. The van der Waals surface area contributed by atoms with Gasteiger partial charge in [-0.2, -0.15) is 5.26 Å². The Morgan fingerprint density at radius 1 is 1.00 bits per heavy atom. The number of nitrogens with zero attached hydrogens (tertiary/aromatic N) is 1. The minimum absolute atomic E-state index is 0.346. The zero-order valence-corrected chi connectivity index (χ0v) is 12.0. The topological polar surface area (TPSA) is 33.0 Å². The van der Waals surface area contributed by atoms with Crippen molar-refractivity contribution in [2.45, 2.75) is 20.3 Å². The van der Waals surface area contributed by atoms with Crippen LogP contribution < -0.4 is 4.74 Å². The zero-order chi connectivity index (χ0) is 14.4. The Balaban J connectivity index is 2.12. The van der Waals surface area contributed by atoms with Crippen molar-refractivity contribution in [1.82, 2.24) is 0 Å². The van der Waals surface area contributed by atoms with Gasteiger partial charge in [0.1, 0.15) is 5.75 Å². The highest BCUT2D eigenvalue weighted by atomic mass is 16.5. The zero-order valence-electron chi connectivity index (χ0n) is 12.0. The van der Waals surface area contributed by atoms with Crippen LogP contribution in [0.4, 0.5) is 0 Å². The van der Waals surface area contributed by atoms with E-state index in [1.807, 2.05) is 50.2 Å². The standard InChI is InChI=1S/C18H19NO/c1-18(2,14-19)12-13-20-17-11-7-6-10-16(17)15-8-4-3-5-9-15/h3-11H,12-13H2,1-2H3. The summed E-state index contributed by atoms with van der Waals surface area (Å²) >= 11 is 0. The lowest BCUT2D eigenvalue weighted by atomic mass is 9.92. The fourth-order valence-corrected chi connectivity index (χ4v) is 1.92. The molecule has 0 N–H and O–H groups in total. The molecule has 102 valence electrons. The van der Waals surface area contributed by atoms with E-state index in [1.165, 1.54) is 0 Å². The van der Waals surface area contributed by atoms with Crippen LogP contribution in [-0.4, -0.2) is 6.61 Å². The van der Waals surface area contributed by atoms with Crippen molar-refractivity contribution in [2.24, 2.45) is 5.41 Å². The number of ether oxygens (including phenoxy) is 1. The molecule has 2 heteroatoms. The Hall–Kier alpha value is -2.27. The highest BCUT2D eigenvalue weighted by Gasteiger charge is 2.16. The van der Waals surface area contributed by atoms with Crippen molar-refractivity contribution in [3.63, 3.8) is 0 Å². The Labute approximate surface area is 120 Å². The van der Waals surface area contributed by atoms with Crippen LogP contribution in [-0.2, 0) is 0 Å². The van der Waals surface area contributed by atoms with Crippen molar-refractivity contribution in [3.05, 3.63) is 54.6 Å². The van der Waals surface area contributed by atoms with Gasteiger partial charge >= 0.3 is 0 Å². The van der Waals surface area contributed by atoms with Gasteiger partial charge in [0.05, 0.1) is 18.1 Å². The molecule has 2 aromatic rings. The van der Waals surface area contributed by atoms with E-state index in [0.29, 0.717) is 13.0 Å². The monoisotopic (exact) mass is 265 g/mol. The maximum Gasteiger partial charge on any atom is 0.127 e. The number of rotatable bonds is 5. The van der Waals surface area contributed by atoms with Crippen LogP contribution in [0.3, 0.4) is 0 Å². The molecule has 2 rings (SSSR count). The highest BCUT2D eigenvalue weighted by Crippen LogP contribution is 2.30.